The highest BCUT2D eigenvalue weighted by Crippen LogP contribution is 2.65. The van der Waals surface area contributed by atoms with Crippen molar-refractivity contribution in [3.05, 3.63) is 0 Å². The second-order valence-corrected chi connectivity index (χ2v) is 13.7. The smallest absolute Gasteiger partial charge is 0.146 e. The lowest BCUT2D eigenvalue weighted by molar-refractivity contribution is -0.158. The van der Waals surface area contributed by atoms with Gasteiger partial charge in [0.1, 0.15) is 6.79 Å². The van der Waals surface area contributed by atoms with Crippen LogP contribution in [0.3, 0.4) is 0 Å². The van der Waals surface area contributed by atoms with Gasteiger partial charge in [-0.25, -0.2) is 0 Å². The molecule has 7 aliphatic rings. The van der Waals surface area contributed by atoms with Gasteiger partial charge in [0.05, 0.1) is 13.2 Å². The lowest BCUT2D eigenvalue weighted by atomic mass is 9.45. The van der Waals surface area contributed by atoms with Crippen molar-refractivity contribution in [3.8, 4) is 0 Å². The first-order chi connectivity index (χ1) is 12.4. The molecule has 0 amide bonds. The highest BCUT2D eigenvalue weighted by Gasteiger charge is 2.59. The summed E-state index contributed by atoms with van der Waals surface area (Å²) in [5.41, 5.74) is 1.08. The number of hydrogen-bond acceptors (Lipinski definition) is 4. The fourth-order valence-electron chi connectivity index (χ4n) is 7.27. The van der Waals surface area contributed by atoms with Crippen molar-refractivity contribution in [1.82, 2.24) is 0 Å². The standard InChI is InChI=1S/C22H36O2S2/c1-21(2)13-5-17(21)15-9-23-11-24-10-16-18-6-14(22(18,3)4)8-20(16)26-12-25-19(15)7-13/h13-20H,5-12H2,1-4H3/t13-,14-,15-,16-,17+,18+,19-,20-/m0/s1. The summed E-state index contributed by atoms with van der Waals surface area (Å²) in [6.45, 7) is 12.3. The van der Waals surface area contributed by atoms with Crippen LogP contribution in [-0.2, 0) is 9.47 Å². The maximum Gasteiger partial charge on any atom is 0.146 e. The maximum atomic E-state index is 6.10. The Labute approximate surface area is 168 Å². The van der Waals surface area contributed by atoms with Crippen molar-refractivity contribution in [2.24, 2.45) is 46.3 Å². The Hall–Kier alpha value is 0.620. The van der Waals surface area contributed by atoms with Crippen LogP contribution in [0.25, 0.3) is 0 Å². The van der Waals surface area contributed by atoms with Gasteiger partial charge in [0.2, 0.25) is 0 Å². The van der Waals surface area contributed by atoms with Crippen molar-refractivity contribution in [1.29, 1.82) is 0 Å². The first kappa shape index (κ1) is 18.6. The van der Waals surface area contributed by atoms with Crippen LogP contribution in [0.2, 0.25) is 0 Å². The van der Waals surface area contributed by atoms with Crippen LogP contribution in [0, 0.1) is 46.3 Å². The predicted molar refractivity (Wildman–Crippen MR) is 111 cm³/mol. The van der Waals surface area contributed by atoms with Crippen molar-refractivity contribution in [3.63, 3.8) is 0 Å². The molecule has 0 aromatic carbocycles. The van der Waals surface area contributed by atoms with Gasteiger partial charge in [-0.15, -0.1) is 23.5 Å². The summed E-state index contributed by atoms with van der Waals surface area (Å²) in [7, 11) is 0. The van der Waals surface area contributed by atoms with Gasteiger partial charge >= 0.3 is 0 Å². The maximum absolute atomic E-state index is 6.10. The van der Waals surface area contributed by atoms with E-state index < -0.39 is 0 Å². The van der Waals surface area contributed by atoms with Crippen LogP contribution < -0.4 is 0 Å². The van der Waals surface area contributed by atoms with Crippen molar-refractivity contribution in [2.75, 3.05) is 25.1 Å². The second-order valence-electron chi connectivity index (χ2n) is 10.9. The van der Waals surface area contributed by atoms with Crippen LogP contribution in [0.15, 0.2) is 0 Å². The summed E-state index contributed by atoms with van der Waals surface area (Å²) in [6.07, 6.45) is 5.70. The zero-order valence-electron chi connectivity index (χ0n) is 16.9. The fourth-order valence-corrected chi connectivity index (χ4v) is 10.7. The van der Waals surface area contributed by atoms with Gasteiger partial charge in [-0.3, -0.25) is 0 Å². The Morgan fingerprint density at radius 1 is 0.692 bits per heavy atom. The molecule has 0 aromatic heterocycles. The largest absolute Gasteiger partial charge is 0.355 e. The quantitative estimate of drug-likeness (QED) is 0.537. The van der Waals surface area contributed by atoms with E-state index in [9.17, 15) is 0 Å². The molecule has 6 aliphatic carbocycles. The van der Waals surface area contributed by atoms with Gasteiger partial charge in [-0.05, 0) is 72.0 Å². The minimum atomic E-state index is 0.509. The van der Waals surface area contributed by atoms with Gasteiger partial charge in [0, 0.05) is 15.6 Å². The molecule has 148 valence electrons. The molecule has 1 heterocycles. The third kappa shape index (κ3) is 2.75. The second kappa shape index (κ2) is 6.57. The summed E-state index contributed by atoms with van der Waals surface area (Å²) < 4.78 is 12.2. The zero-order valence-corrected chi connectivity index (χ0v) is 18.5. The summed E-state index contributed by atoms with van der Waals surface area (Å²) in [6, 6.07) is 0. The Morgan fingerprint density at radius 2 is 1.15 bits per heavy atom. The lowest BCUT2D eigenvalue weighted by Gasteiger charge is -2.63. The number of thioether (sulfide) groups is 2. The summed E-state index contributed by atoms with van der Waals surface area (Å²) >= 11 is 4.54. The van der Waals surface area contributed by atoms with Crippen LogP contribution in [-0.4, -0.2) is 35.6 Å². The molecule has 6 saturated carbocycles. The minimum Gasteiger partial charge on any atom is -0.355 e. The van der Waals surface area contributed by atoms with Crippen molar-refractivity contribution in [2.45, 2.75) is 63.9 Å². The Bertz CT molecular complexity index is 502. The van der Waals surface area contributed by atoms with Gasteiger partial charge < -0.3 is 9.47 Å². The number of hydrogen-bond donors (Lipinski definition) is 0. The molecule has 4 heteroatoms. The van der Waals surface area contributed by atoms with Crippen LogP contribution in [0.1, 0.15) is 53.4 Å². The Morgan fingerprint density at radius 3 is 1.58 bits per heavy atom. The molecular weight excluding hydrogens is 360 g/mol. The molecule has 0 radical (unpaired) electrons. The minimum absolute atomic E-state index is 0.509. The molecule has 2 nitrogen and oxygen atoms in total. The van der Waals surface area contributed by atoms with Crippen LogP contribution >= 0.6 is 23.5 Å². The van der Waals surface area contributed by atoms with Gasteiger partial charge in [-0.1, -0.05) is 27.7 Å². The van der Waals surface area contributed by atoms with E-state index in [4.69, 9.17) is 9.47 Å². The summed E-state index contributed by atoms with van der Waals surface area (Å²) in [5, 5.41) is 2.90. The molecule has 8 atom stereocenters. The topological polar surface area (TPSA) is 18.5 Å². The highest BCUT2D eigenvalue weighted by molar-refractivity contribution is 8.16. The molecule has 7 fully saturated rings. The molecule has 0 aromatic rings. The van der Waals surface area contributed by atoms with Crippen molar-refractivity contribution >= 4 is 23.5 Å². The van der Waals surface area contributed by atoms with E-state index in [2.05, 4.69) is 51.2 Å². The monoisotopic (exact) mass is 396 g/mol. The average Bonchev–Trinajstić information content (AvgIpc) is 2.60. The molecule has 0 N–H and O–H groups in total. The van der Waals surface area contributed by atoms with E-state index in [0.29, 0.717) is 17.6 Å². The normalized spacial score (nSPS) is 52.2. The molecule has 4 bridgehead atoms. The molecule has 1 saturated heterocycles. The van der Waals surface area contributed by atoms with Gasteiger partial charge in [0.15, 0.2) is 0 Å². The van der Waals surface area contributed by atoms with Gasteiger partial charge in [-0.2, -0.15) is 0 Å². The zero-order chi connectivity index (χ0) is 18.1. The van der Waals surface area contributed by atoms with E-state index in [-0.39, 0.29) is 0 Å². The highest BCUT2D eigenvalue weighted by atomic mass is 32.2. The van der Waals surface area contributed by atoms with Gasteiger partial charge in [0.25, 0.3) is 0 Å². The molecule has 1 aliphatic heterocycles. The molecule has 26 heavy (non-hydrogen) atoms. The van der Waals surface area contributed by atoms with E-state index in [1.54, 1.807) is 0 Å². The summed E-state index contributed by atoms with van der Waals surface area (Å²) in [4.78, 5) is 0. The average molecular weight is 397 g/mol. The van der Waals surface area contributed by atoms with E-state index in [1.165, 1.54) is 30.8 Å². The van der Waals surface area contributed by atoms with Crippen LogP contribution in [0.4, 0.5) is 0 Å². The van der Waals surface area contributed by atoms with E-state index >= 15 is 0 Å². The SMILES string of the molecule is CC1(C)[C@@H]2C[C@@H]3SCS[C@H]4C[C@@H]5C[C@H]([C@@H]4COCOC[C@H]3[C@H]1C2)C5(C)C. The van der Waals surface area contributed by atoms with E-state index in [0.717, 1.165) is 59.2 Å². The Balaban J connectivity index is 1.27. The number of rotatable bonds is 0. The summed E-state index contributed by atoms with van der Waals surface area (Å²) in [5.74, 6) is 5.10. The first-order valence-electron chi connectivity index (χ1n) is 10.8. The predicted octanol–water partition coefficient (Wildman–Crippen LogP) is 5.52. The third-order valence-corrected chi connectivity index (χ3v) is 12.5. The fraction of sp³-hybridized carbons (Fsp3) is 1.00. The van der Waals surface area contributed by atoms with Crippen molar-refractivity contribution < 1.29 is 9.47 Å². The third-order valence-electron chi connectivity index (χ3n) is 9.47. The van der Waals surface area contributed by atoms with E-state index in [1.807, 2.05) is 0 Å². The molecular formula is C22H36O2S2. The Kier molecular flexibility index (Phi) is 4.71. The first-order valence-corrected chi connectivity index (χ1v) is 12.9. The number of ether oxygens (including phenoxy) is 2. The molecule has 7 rings (SSSR count). The van der Waals surface area contributed by atoms with Crippen LogP contribution in [0.5, 0.6) is 0 Å². The lowest BCUT2D eigenvalue weighted by Crippen LogP contribution is -2.58. The molecule has 0 spiro atoms. The molecule has 0 unspecified atom stereocenters.